The number of hydrogen-bond donors (Lipinski definition) is 1. The second-order valence-electron chi connectivity index (χ2n) is 5.28. The molecule has 0 unspecified atom stereocenters. The first-order chi connectivity index (χ1) is 11.5. The third-order valence-corrected chi connectivity index (χ3v) is 4.88. The quantitative estimate of drug-likeness (QED) is 0.772. The van der Waals surface area contributed by atoms with Crippen LogP contribution in [0.25, 0.3) is 10.6 Å². The van der Waals surface area contributed by atoms with Crippen molar-refractivity contribution in [2.75, 3.05) is 19.4 Å². The van der Waals surface area contributed by atoms with Gasteiger partial charge in [0.25, 0.3) is 11.8 Å². The van der Waals surface area contributed by atoms with Crippen molar-refractivity contribution in [1.29, 1.82) is 0 Å². The predicted molar refractivity (Wildman–Crippen MR) is 97.8 cm³/mol. The van der Waals surface area contributed by atoms with Gasteiger partial charge >= 0.3 is 0 Å². The smallest absolute Gasteiger partial charge is 0.275 e. The summed E-state index contributed by atoms with van der Waals surface area (Å²) in [6.07, 6.45) is 0. The molecule has 0 radical (unpaired) electrons. The Balaban J connectivity index is 1.70. The van der Waals surface area contributed by atoms with Crippen LogP contribution in [0.5, 0.6) is 0 Å². The Morgan fingerprint density at radius 3 is 2.46 bits per heavy atom. The summed E-state index contributed by atoms with van der Waals surface area (Å²) in [5, 5.41) is 9.34. The number of carbonyl (C=O) groups excluding carboxylic acids is 2. The lowest BCUT2D eigenvalue weighted by Gasteiger charge is -2.10. The lowest BCUT2D eigenvalue weighted by atomic mass is 10.2. The van der Waals surface area contributed by atoms with Crippen molar-refractivity contribution in [3.05, 3.63) is 57.7 Å². The average molecular weight is 357 g/mol. The summed E-state index contributed by atoms with van der Waals surface area (Å²) >= 11 is 3.04. The Morgan fingerprint density at radius 1 is 1.08 bits per heavy atom. The Hall–Kier alpha value is -2.51. The van der Waals surface area contributed by atoms with Crippen LogP contribution in [0.15, 0.2) is 46.5 Å². The van der Waals surface area contributed by atoms with Crippen LogP contribution < -0.4 is 5.32 Å². The van der Waals surface area contributed by atoms with Gasteiger partial charge in [0.1, 0.15) is 10.7 Å². The maximum atomic E-state index is 12.3. The van der Waals surface area contributed by atoms with E-state index in [0.29, 0.717) is 16.9 Å². The Bertz CT molecular complexity index is 852. The third-order valence-electron chi connectivity index (χ3n) is 3.30. The van der Waals surface area contributed by atoms with Crippen molar-refractivity contribution in [2.45, 2.75) is 0 Å². The topological polar surface area (TPSA) is 62.3 Å². The van der Waals surface area contributed by atoms with Gasteiger partial charge < -0.3 is 10.2 Å². The van der Waals surface area contributed by atoms with Crippen molar-refractivity contribution in [3.63, 3.8) is 0 Å². The van der Waals surface area contributed by atoms with Crippen LogP contribution in [0.3, 0.4) is 0 Å². The van der Waals surface area contributed by atoms with Gasteiger partial charge in [0.15, 0.2) is 0 Å². The Morgan fingerprint density at radius 2 is 1.83 bits per heavy atom. The highest BCUT2D eigenvalue weighted by Gasteiger charge is 2.13. The molecule has 1 aromatic carbocycles. The largest absolute Gasteiger partial charge is 0.345 e. The van der Waals surface area contributed by atoms with E-state index in [0.717, 1.165) is 10.6 Å². The van der Waals surface area contributed by atoms with E-state index >= 15 is 0 Å². The molecule has 7 heteroatoms. The van der Waals surface area contributed by atoms with Gasteiger partial charge in [-0.3, -0.25) is 9.59 Å². The van der Waals surface area contributed by atoms with Gasteiger partial charge in [-0.15, -0.1) is 11.3 Å². The maximum Gasteiger partial charge on any atom is 0.275 e. The molecule has 0 aliphatic rings. The number of thiazole rings is 1. The third kappa shape index (κ3) is 3.52. The molecule has 3 aromatic rings. The summed E-state index contributed by atoms with van der Waals surface area (Å²) in [4.78, 5) is 30.0. The van der Waals surface area contributed by atoms with Crippen LogP contribution >= 0.6 is 22.7 Å². The second kappa shape index (κ2) is 6.94. The van der Waals surface area contributed by atoms with E-state index in [4.69, 9.17) is 0 Å². The number of thiophene rings is 1. The van der Waals surface area contributed by atoms with Crippen molar-refractivity contribution in [1.82, 2.24) is 9.88 Å². The summed E-state index contributed by atoms with van der Waals surface area (Å²) < 4.78 is 0. The molecular weight excluding hydrogens is 342 g/mol. The first-order valence-electron chi connectivity index (χ1n) is 7.16. The summed E-state index contributed by atoms with van der Waals surface area (Å²) in [6, 6.07) is 8.78. The van der Waals surface area contributed by atoms with E-state index in [1.54, 1.807) is 55.1 Å². The minimum atomic E-state index is -0.264. The molecule has 0 aliphatic carbocycles. The van der Waals surface area contributed by atoms with Crippen molar-refractivity contribution in [3.8, 4) is 10.6 Å². The van der Waals surface area contributed by atoms with Crippen molar-refractivity contribution < 1.29 is 9.59 Å². The molecule has 2 heterocycles. The average Bonchev–Trinajstić information content (AvgIpc) is 3.26. The number of rotatable bonds is 4. The van der Waals surface area contributed by atoms with Gasteiger partial charge in [-0.05, 0) is 35.7 Å². The zero-order valence-corrected chi connectivity index (χ0v) is 14.8. The standard InChI is InChI=1S/C17H15N3O2S2/c1-20(2)17(22)11-3-5-13(6-4-11)18-15(21)14-10-24-16(19-14)12-7-8-23-9-12/h3-10H,1-2H3,(H,18,21). The first-order valence-corrected chi connectivity index (χ1v) is 8.98. The van der Waals surface area contributed by atoms with Crippen LogP contribution in [0, 0.1) is 0 Å². The molecule has 0 atom stereocenters. The molecule has 0 saturated heterocycles. The van der Waals surface area contributed by atoms with Crippen LogP contribution in [0.4, 0.5) is 5.69 Å². The Kier molecular flexibility index (Phi) is 4.73. The highest BCUT2D eigenvalue weighted by molar-refractivity contribution is 7.14. The minimum absolute atomic E-state index is 0.0761. The zero-order valence-electron chi connectivity index (χ0n) is 13.1. The lowest BCUT2D eigenvalue weighted by molar-refractivity contribution is 0.0827. The SMILES string of the molecule is CN(C)C(=O)c1ccc(NC(=O)c2csc(-c3ccsc3)n2)cc1. The normalized spacial score (nSPS) is 10.4. The van der Waals surface area contributed by atoms with Crippen molar-refractivity contribution >= 4 is 40.2 Å². The highest BCUT2D eigenvalue weighted by atomic mass is 32.1. The van der Waals surface area contributed by atoms with E-state index in [9.17, 15) is 9.59 Å². The number of carbonyl (C=O) groups is 2. The van der Waals surface area contributed by atoms with E-state index < -0.39 is 0 Å². The molecule has 0 fully saturated rings. The van der Waals surface area contributed by atoms with Crippen LogP contribution in [-0.2, 0) is 0 Å². The minimum Gasteiger partial charge on any atom is -0.345 e. The van der Waals surface area contributed by atoms with E-state index in [-0.39, 0.29) is 11.8 Å². The van der Waals surface area contributed by atoms with Gasteiger partial charge in [-0.1, -0.05) is 0 Å². The molecular formula is C17H15N3O2S2. The van der Waals surface area contributed by atoms with Crippen LogP contribution in [-0.4, -0.2) is 35.8 Å². The number of anilines is 1. The van der Waals surface area contributed by atoms with E-state index in [1.165, 1.54) is 16.2 Å². The number of nitrogens with zero attached hydrogens (tertiary/aromatic N) is 2. The molecule has 0 aliphatic heterocycles. The molecule has 5 nitrogen and oxygen atoms in total. The van der Waals surface area contributed by atoms with E-state index in [1.807, 2.05) is 16.8 Å². The Labute approximate surface area is 147 Å². The van der Waals surface area contributed by atoms with Gasteiger partial charge in [0.2, 0.25) is 0 Å². The van der Waals surface area contributed by atoms with Gasteiger partial charge in [0, 0.05) is 41.7 Å². The fourth-order valence-corrected chi connectivity index (χ4v) is 3.56. The molecule has 0 bridgehead atoms. The molecule has 1 N–H and O–H groups in total. The van der Waals surface area contributed by atoms with E-state index in [2.05, 4.69) is 10.3 Å². The molecule has 0 spiro atoms. The van der Waals surface area contributed by atoms with Crippen molar-refractivity contribution in [2.24, 2.45) is 0 Å². The zero-order chi connectivity index (χ0) is 17.1. The number of amides is 2. The molecule has 122 valence electrons. The summed E-state index contributed by atoms with van der Waals surface area (Å²) in [5.74, 6) is -0.341. The first kappa shape index (κ1) is 16.4. The van der Waals surface area contributed by atoms with Crippen LogP contribution in [0.1, 0.15) is 20.8 Å². The molecule has 3 rings (SSSR count). The van der Waals surface area contributed by atoms with Crippen LogP contribution in [0.2, 0.25) is 0 Å². The van der Waals surface area contributed by atoms with Gasteiger partial charge in [0.05, 0.1) is 0 Å². The second-order valence-corrected chi connectivity index (χ2v) is 6.92. The molecule has 2 aromatic heterocycles. The molecule has 0 saturated carbocycles. The summed E-state index contributed by atoms with van der Waals surface area (Å²) in [5.41, 5.74) is 2.61. The number of benzene rings is 1. The fourth-order valence-electron chi connectivity index (χ4n) is 2.05. The predicted octanol–water partition coefficient (Wildman–Crippen LogP) is 3.83. The van der Waals surface area contributed by atoms with Gasteiger partial charge in [-0.2, -0.15) is 11.3 Å². The highest BCUT2D eigenvalue weighted by Crippen LogP contribution is 2.26. The monoisotopic (exact) mass is 357 g/mol. The van der Waals surface area contributed by atoms with Gasteiger partial charge in [-0.25, -0.2) is 4.98 Å². The maximum absolute atomic E-state index is 12.3. The number of hydrogen-bond acceptors (Lipinski definition) is 5. The fraction of sp³-hybridized carbons (Fsp3) is 0.118. The summed E-state index contributed by atoms with van der Waals surface area (Å²) in [6.45, 7) is 0. The summed E-state index contributed by atoms with van der Waals surface area (Å²) in [7, 11) is 3.40. The number of aromatic nitrogens is 1. The lowest BCUT2D eigenvalue weighted by Crippen LogP contribution is -2.21. The molecule has 24 heavy (non-hydrogen) atoms. The number of nitrogens with one attached hydrogen (secondary N) is 1. The molecule has 2 amide bonds.